The number of ether oxygens (including phenoxy) is 1. The van der Waals surface area contributed by atoms with E-state index in [-0.39, 0.29) is 18.5 Å². The summed E-state index contributed by atoms with van der Waals surface area (Å²) in [4.78, 5) is 19.4. The highest BCUT2D eigenvalue weighted by molar-refractivity contribution is 5.85. The summed E-state index contributed by atoms with van der Waals surface area (Å²) in [6.45, 7) is 8.15. The average molecular weight is 567 g/mol. The lowest BCUT2D eigenvalue weighted by atomic mass is 10.1. The minimum absolute atomic E-state index is 0.152. The third kappa shape index (κ3) is 8.18. The molecule has 7 heteroatoms. The summed E-state index contributed by atoms with van der Waals surface area (Å²) in [6.07, 6.45) is -0.615. The van der Waals surface area contributed by atoms with E-state index in [1.807, 2.05) is 42.5 Å². The summed E-state index contributed by atoms with van der Waals surface area (Å²) < 4.78 is 20.8. The maximum Gasteiger partial charge on any atom is 0.411 e. The van der Waals surface area contributed by atoms with Crippen LogP contribution in [0.1, 0.15) is 23.6 Å². The summed E-state index contributed by atoms with van der Waals surface area (Å²) in [7, 11) is 0. The van der Waals surface area contributed by atoms with Crippen molar-refractivity contribution in [2.45, 2.75) is 32.7 Å². The Balaban J connectivity index is 1.26. The number of hydrogen-bond acceptors (Lipinski definition) is 5. The van der Waals surface area contributed by atoms with Crippen LogP contribution in [0.15, 0.2) is 109 Å². The number of anilines is 2. The van der Waals surface area contributed by atoms with Crippen molar-refractivity contribution in [2.24, 2.45) is 0 Å². The Hall–Kier alpha value is -4.20. The predicted octanol–water partition coefficient (Wildman–Crippen LogP) is 6.79. The van der Waals surface area contributed by atoms with Crippen LogP contribution in [0.4, 0.5) is 20.6 Å². The van der Waals surface area contributed by atoms with E-state index in [4.69, 9.17) is 4.74 Å². The van der Waals surface area contributed by atoms with Crippen LogP contribution in [0, 0.1) is 5.82 Å². The second-order valence-electron chi connectivity index (χ2n) is 10.7. The number of rotatable bonds is 11. The van der Waals surface area contributed by atoms with Gasteiger partial charge < -0.3 is 9.64 Å². The van der Waals surface area contributed by atoms with E-state index < -0.39 is 6.09 Å². The van der Waals surface area contributed by atoms with E-state index >= 15 is 4.39 Å². The Morgan fingerprint density at radius 1 is 0.857 bits per heavy atom. The second-order valence-corrected chi connectivity index (χ2v) is 10.7. The summed E-state index contributed by atoms with van der Waals surface area (Å²) in [5.41, 5.74) is 4.36. The number of hydrogen-bond donors (Lipinski definition) is 1. The zero-order chi connectivity index (χ0) is 29.1. The maximum absolute atomic E-state index is 15.5. The van der Waals surface area contributed by atoms with E-state index in [1.165, 1.54) is 17.2 Å². The van der Waals surface area contributed by atoms with Crippen molar-refractivity contribution < 1.29 is 13.9 Å². The molecule has 4 aromatic carbocycles. The van der Waals surface area contributed by atoms with Crippen molar-refractivity contribution in [3.63, 3.8) is 0 Å². The molecule has 1 amide bonds. The minimum atomic E-state index is -0.615. The quantitative estimate of drug-likeness (QED) is 0.217. The fourth-order valence-corrected chi connectivity index (χ4v) is 5.51. The molecule has 42 heavy (non-hydrogen) atoms. The zero-order valence-corrected chi connectivity index (χ0v) is 24.2. The van der Waals surface area contributed by atoms with E-state index in [2.05, 4.69) is 75.5 Å². The number of benzene rings is 4. The van der Waals surface area contributed by atoms with Gasteiger partial charge in [-0.25, -0.2) is 9.18 Å². The maximum atomic E-state index is 15.5. The fraction of sp³-hybridized carbons (Fsp3) is 0.286. The first kappa shape index (κ1) is 29.3. The van der Waals surface area contributed by atoms with Crippen LogP contribution in [0.5, 0.6) is 0 Å². The minimum Gasteiger partial charge on any atom is -0.444 e. The van der Waals surface area contributed by atoms with E-state index in [1.54, 1.807) is 12.1 Å². The molecule has 4 aromatic rings. The van der Waals surface area contributed by atoms with Gasteiger partial charge in [-0.1, -0.05) is 91.0 Å². The van der Waals surface area contributed by atoms with Gasteiger partial charge in [0.25, 0.3) is 0 Å². The molecule has 0 spiro atoms. The van der Waals surface area contributed by atoms with Gasteiger partial charge in [-0.15, -0.1) is 0 Å². The Morgan fingerprint density at radius 3 is 2.10 bits per heavy atom. The van der Waals surface area contributed by atoms with Crippen molar-refractivity contribution in [1.82, 2.24) is 9.80 Å². The number of halogens is 1. The molecule has 5 rings (SSSR count). The Bertz CT molecular complexity index is 1400. The molecule has 6 nitrogen and oxygen atoms in total. The molecule has 218 valence electrons. The molecular formula is C35H39FN4O2. The molecule has 0 saturated carbocycles. The standard InChI is InChI=1S/C35H39FN4O2/c1-2-39(34-19-18-31(22-33(34)36)37-35(41)42-27-30-16-10-5-11-17-30)26-32-25-38(23-28-12-6-3-7-13-28)20-21-40(32)24-29-14-8-4-9-15-29/h3-19,22,32H,2,20-21,23-27H2,1H3,(H,37,41)/t32-/m0/s1. The zero-order valence-electron chi connectivity index (χ0n) is 24.2. The molecule has 1 fully saturated rings. The lowest BCUT2D eigenvalue weighted by Crippen LogP contribution is -2.56. The molecule has 1 N–H and O–H groups in total. The number of likely N-dealkylation sites (N-methyl/N-ethyl adjacent to an activating group) is 1. The van der Waals surface area contributed by atoms with Crippen LogP contribution < -0.4 is 10.2 Å². The lowest BCUT2D eigenvalue weighted by molar-refractivity contribution is 0.0672. The molecule has 1 atom stereocenters. The fourth-order valence-electron chi connectivity index (χ4n) is 5.51. The van der Waals surface area contributed by atoms with Crippen molar-refractivity contribution in [1.29, 1.82) is 0 Å². The van der Waals surface area contributed by atoms with E-state index in [0.29, 0.717) is 24.5 Å². The summed E-state index contributed by atoms with van der Waals surface area (Å²) in [5, 5.41) is 2.65. The summed E-state index contributed by atoms with van der Waals surface area (Å²) >= 11 is 0. The number of piperazine rings is 1. The van der Waals surface area contributed by atoms with Crippen LogP contribution in [0.25, 0.3) is 0 Å². The second kappa shape index (κ2) is 14.6. The van der Waals surface area contributed by atoms with Crippen molar-refractivity contribution in [3.8, 4) is 0 Å². The monoisotopic (exact) mass is 566 g/mol. The van der Waals surface area contributed by atoms with Gasteiger partial charge in [0, 0.05) is 57.5 Å². The van der Waals surface area contributed by atoms with Crippen molar-refractivity contribution in [2.75, 3.05) is 42.9 Å². The third-order valence-corrected chi connectivity index (χ3v) is 7.73. The smallest absolute Gasteiger partial charge is 0.411 e. The highest BCUT2D eigenvalue weighted by atomic mass is 19.1. The highest BCUT2D eigenvalue weighted by Crippen LogP contribution is 2.25. The molecular weight excluding hydrogens is 527 g/mol. The lowest BCUT2D eigenvalue weighted by Gasteiger charge is -2.44. The van der Waals surface area contributed by atoms with Gasteiger partial charge >= 0.3 is 6.09 Å². The molecule has 0 bridgehead atoms. The number of nitrogens with one attached hydrogen (secondary N) is 1. The first-order valence-corrected chi connectivity index (χ1v) is 14.6. The first-order chi connectivity index (χ1) is 20.6. The number of nitrogens with zero attached hydrogens (tertiary/aromatic N) is 3. The normalized spacial score (nSPS) is 15.7. The van der Waals surface area contributed by atoms with Crippen LogP contribution in [0.3, 0.4) is 0 Å². The number of amides is 1. The Morgan fingerprint density at radius 2 is 1.48 bits per heavy atom. The van der Waals surface area contributed by atoms with Crippen molar-refractivity contribution >= 4 is 17.5 Å². The molecule has 1 aliphatic rings. The first-order valence-electron chi connectivity index (χ1n) is 14.6. The largest absolute Gasteiger partial charge is 0.444 e. The van der Waals surface area contributed by atoms with Crippen LogP contribution in [-0.4, -0.2) is 54.7 Å². The summed E-state index contributed by atoms with van der Waals surface area (Å²) in [6, 6.07) is 35.6. The highest BCUT2D eigenvalue weighted by Gasteiger charge is 2.29. The van der Waals surface area contributed by atoms with Gasteiger partial charge in [0.15, 0.2) is 0 Å². The van der Waals surface area contributed by atoms with Crippen LogP contribution >= 0.6 is 0 Å². The number of carbonyl (C=O) groups is 1. The molecule has 1 saturated heterocycles. The van der Waals surface area contributed by atoms with Gasteiger partial charge in [-0.3, -0.25) is 15.1 Å². The molecule has 0 radical (unpaired) electrons. The Labute approximate surface area is 248 Å². The van der Waals surface area contributed by atoms with Gasteiger partial charge in [-0.05, 0) is 41.8 Å². The predicted molar refractivity (Wildman–Crippen MR) is 167 cm³/mol. The molecule has 0 aliphatic carbocycles. The molecule has 1 heterocycles. The van der Waals surface area contributed by atoms with Gasteiger partial charge in [0.05, 0.1) is 5.69 Å². The number of carbonyl (C=O) groups excluding carboxylic acids is 1. The van der Waals surface area contributed by atoms with E-state index in [9.17, 15) is 4.79 Å². The SMILES string of the molecule is CCN(C[C@@H]1CN(Cc2ccccc2)CCN1Cc1ccccc1)c1ccc(NC(=O)OCc2ccccc2)cc1F. The van der Waals surface area contributed by atoms with Crippen molar-refractivity contribution in [3.05, 3.63) is 132 Å². The average Bonchev–Trinajstić information content (AvgIpc) is 3.02. The van der Waals surface area contributed by atoms with Gasteiger partial charge in [-0.2, -0.15) is 0 Å². The van der Waals surface area contributed by atoms with Crippen LogP contribution in [0.2, 0.25) is 0 Å². The molecule has 1 aliphatic heterocycles. The third-order valence-electron chi connectivity index (χ3n) is 7.73. The van der Waals surface area contributed by atoms with Gasteiger partial charge in [0.2, 0.25) is 0 Å². The molecule has 0 unspecified atom stereocenters. The van der Waals surface area contributed by atoms with E-state index in [0.717, 1.165) is 38.3 Å². The Kier molecular flexibility index (Phi) is 10.2. The van der Waals surface area contributed by atoms with Crippen LogP contribution in [-0.2, 0) is 24.4 Å². The molecule has 0 aromatic heterocycles. The summed E-state index contributed by atoms with van der Waals surface area (Å²) in [5.74, 6) is -0.371. The van der Waals surface area contributed by atoms with Gasteiger partial charge in [0.1, 0.15) is 12.4 Å². The topological polar surface area (TPSA) is 48.0 Å².